The lowest BCUT2D eigenvalue weighted by atomic mass is 9.98. The van der Waals surface area contributed by atoms with E-state index in [2.05, 4.69) is 0 Å². The van der Waals surface area contributed by atoms with Crippen LogP contribution in [-0.2, 0) is 0 Å². The summed E-state index contributed by atoms with van der Waals surface area (Å²) in [5.41, 5.74) is 5.55. The molecule has 0 unspecified atom stereocenters. The van der Waals surface area contributed by atoms with E-state index in [1.807, 2.05) is 0 Å². The van der Waals surface area contributed by atoms with Gasteiger partial charge in [0.2, 0.25) is 0 Å². The van der Waals surface area contributed by atoms with E-state index in [1.54, 1.807) is 13.8 Å². The van der Waals surface area contributed by atoms with Crippen molar-refractivity contribution in [1.82, 2.24) is 0 Å². The predicted octanol–water partition coefficient (Wildman–Crippen LogP) is 3.63. The summed E-state index contributed by atoms with van der Waals surface area (Å²) >= 11 is 5.63. The molecule has 0 saturated carbocycles. The van der Waals surface area contributed by atoms with Crippen LogP contribution in [0, 0.1) is 18.6 Å². The van der Waals surface area contributed by atoms with Crippen LogP contribution in [0.5, 0.6) is 0 Å². The van der Waals surface area contributed by atoms with E-state index >= 15 is 0 Å². The second-order valence-electron chi connectivity index (χ2n) is 3.55. The van der Waals surface area contributed by atoms with Gasteiger partial charge in [-0.2, -0.15) is 0 Å². The number of nitrogen functional groups attached to an aromatic ring is 1. The largest absolute Gasteiger partial charge is 0.396 e. The third-order valence-corrected chi connectivity index (χ3v) is 2.64. The van der Waals surface area contributed by atoms with Crippen molar-refractivity contribution >= 4 is 17.3 Å². The van der Waals surface area contributed by atoms with Gasteiger partial charge in [-0.1, -0.05) is 25.4 Å². The zero-order chi connectivity index (χ0) is 11.0. The normalized spacial score (nSPS) is 11.1. The highest BCUT2D eigenvalue weighted by Gasteiger charge is 2.21. The molecule has 0 aliphatic heterocycles. The second-order valence-corrected chi connectivity index (χ2v) is 3.93. The van der Waals surface area contributed by atoms with Crippen molar-refractivity contribution in [2.45, 2.75) is 26.7 Å². The van der Waals surface area contributed by atoms with Crippen LogP contribution in [0.4, 0.5) is 14.5 Å². The highest BCUT2D eigenvalue weighted by Crippen LogP contribution is 2.34. The zero-order valence-corrected chi connectivity index (χ0v) is 9.04. The summed E-state index contributed by atoms with van der Waals surface area (Å²) in [4.78, 5) is 0. The van der Waals surface area contributed by atoms with Crippen LogP contribution in [0.3, 0.4) is 0 Å². The van der Waals surface area contributed by atoms with Crippen LogP contribution in [0.25, 0.3) is 0 Å². The first-order valence-electron chi connectivity index (χ1n) is 4.30. The molecule has 0 radical (unpaired) electrons. The first-order chi connectivity index (χ1) is 6.37. The van der Waals surface area contributed by atoms with Crippen LogP contribution in [-0.4, -0.2) is 0 Å². The molecule has 1 nitrogen and oxygen atoms in total. The lowest BCUT2D eigenvalue weighted by molar-refractivity contribution is 0.575. The summed E-state index contributed by atoms with van der Waals surface area (Å²) in [6, 6.07) is 0. The first-order valence-corrected chi connectivity index (χ1v) is 4.68. The van der Waals surface area contributed by atoms with Crippen LogP contribution < -0.4 is 5.73 Å². The standard InChI is InChI=1S/C10H12ClF2N/c1-4(2)6-9(13)7(11)5(3)8(12)10(6)14/h4H,14H2,1-3H3. The van der Waals surface area contributed by atoms with Gasteiger partial charge in [-0.05, 0) is 12.8 Å². The lowest BCUT2D eigenvalue weighted by Gasteiger charge is -2.14. The Balaban J connectivity index is 3.60. The molecule has 0 aliphatic rings. The summed E-state index contributed by atoms with van der Waals surface area (Å²) in [6.07, 6.45) is 0. The number of rotatable bonds is 1. The molecule has 0 aliphatic carbocycles. The summed E-state index contributed by atoms with van der Waals surface area (Å²) in [6.45, 7) is 4.88. The molecule has 0 amide bonds. The van der Waals surface area contributed by atoms with Crippen molar-refractivity contribution in [2.24, 2.45) is 0 Å². The molecule has 0 heterocycles. The third kappa shape index (κ3) is 1.57. The highest BCUT2D eigenvalue weighted by molar-refractivity contribution is 6.31. The van der Waals surface area contributed by atoms with E-state index in [0.29, 0.717) is 0 Å². The van der Waals surface area contributed by atoms with E-state index < -0.39 is 11.6 Å². The minimum atomic E-state index is -0.625. The topological polar surface area (TPSA) is 26.0 Å². The van der Waals surface area contributed by atoms with Crippen LogP contribution in [0.1, 0.15) is 30.9 Å². The Hall–Kier alpha value is -0.830. The fraction of sp³-hybridized carbons (Fsp3) is 0.400. The predicted molar refractivity (Wildman–Crippen MR) is 54.6 cm³/mol. The molecule has 0 aromatic heterocycles. The van der Waals surface area contributed by atoms with Gasteiger partial charge < -0.3 is 5.73 Å². The van der Waals surface area contributed by atoms with Crippen LogP contribution in [0.2, 0.25) is 5.02 Å². The second kappa shape index (κ2) is 3.73. The van der Waals surface area contributed by atoms with Gasteiger partial charge in [0, 0.05) is 11.1 Å². The molecule has 0 spiro atoms. The van der Waals surface area contributed by atoms with Gasteiger partial charge in [-0.15, -0.1) is 0 Å². The number of nitrogens with two attached hydrogens (primary N) is 1. The van der Waals surface area contributed by atoms with Gasteiger partial charge in [-0.3, -0.25) is 0 Å². The number of benzene rings is 1. The molecular formula is C10H12ClF2N. The molecule has 1 aromatic rings. The van der Waals surface area contributed by atoms with E-state index in [4.69, 9.17) is 17.3 Å². The molecule has 1 rings (SSSR count). The summed E-state index contributed by atoms with van der Waals surface area (Å²) in [7, 11) is 0. The average Bonchev–Trinajstić information content (AvgIpc) is 2.11. The molecule has 14 heavy (non-hydrogen) atoms. The third-order valence-electron chi connectivity index (χ3n) is 2.19. The van der Waals surface area contributed by atoms with E-state index in [9.17, 15) is 8.78 Å². The van der Waals surface area contributed by atoms with E-state index in [-0.39, 0.29) is 27.8 Å². The Bertz CT molecular complexity index is 346. The molecule has 0 bridgehead atoms. The fourth-order valence-corrected chi connectivity index (χ4v) is 1.57. The smallest absolute Gasteiger partial charge is 0.150 e. The van der Waals surface area contributed by atoms with Gasteiger partial charge in [0.1, 0.15) is 5.82 Å². The molecule has 2 N–H and O–H groups in total. The van der Waals surface area contributed by atoms with Gasteiger partial charge in [-0.25, -0.2) is 8.78 Å². The fourth-order valence-electron chi connectivity index (χ4n) is 1.38. The minimum Gasteiger partial charge on any atom is -0.396 e. The van der Waals surface area contributed by atoms with Crippen LogP contribution >= 0.6 is 11.6 Å². The number of hydrogen-bond acceptors (Lipinski definition) is 1. The van der Waals surface area contributed by atoms with E-state index in [1.165, 1.54) is 6.92 Å². The molecular weight excluding hydrogens is 208 g/mol. The SMILES string of the molecule is Cc1c(F)c(N)c(C(C)C)c(F)c1Cl. The molecule has 0 atom stereocenters. The summed E-state index contributed by atoms with van der Waals surface area (Å²) < 4.78 is 27.0. The van der Waals surface area contributed by atoms with Crippen molar-refractivity contribution < 1.29 is 8.78 Å². The van der Waals surface area contributed by atoms with Crippen molar-refractivity contribution in [2.75, 3.05) is 5.73 Å². The Morgan fingerprint density at radius 3 is 2.14 bits per heavy atom. The van der Waals surface area contributed by atoms with Gasteiger partial charge in [0.25, 0.3) is 0 Å². The van der Waals surface area contributed by atoms with Crippen LogP contribution in [0.15, 0.2) is 0 Å². The average molecular weight is 220 g/mol. The maximum absolute atomic E-state index is 13.6. The molecule has 4 heteroatoms. The zero-order valence-electron chi connectivity index (χ0n) is 8.29. The number of halogens is 3. The van der Waals surface area contributed by atoms with Crippen molar-refractivity contribution in [3.05, 3.63) is 27.8 Å². The summed E-state index contributed by atoms with van der Waals surface area (Å²) in [5, 5.41) is -0.180. The maximum atomic E-state index is 13.6. The maximum Gasteiger partial charge on any atom is 0.150 e. The molecule has 0 saturated heterocycles. The quantitative estimate of drug-likeness (QED) is 0.567. The van der Waals surface area contributed by atoms with E-state index in [0.717, 1.165) is 0 Å². The minimum absolute atomic E-state index is 0.0612. The van der Waals surface area contributed by atoms with Crippen molar-refractivity contribution in [3.8, 4) is 0 Å². The molecule has 78 valence electrons. The van der Waals surface area contributed by atoms with Gasteiger partial charge >= 0.3 is 0 Å². The Kier molecular flexibility index (Phi) is 3.00. The summed E-state index contributed by atoms with van der Waals surface area (Å²) in [5.74, 6) is -1.43. The first kappa shape index (κ1) is 11.2. The Labute approximate surface area is 86.9 Å². The highest BCUT2D eigenvalue weighted by atomic mass is 35.5. The van der Waals surface area contributed by atoms with Crippen molar-refractivity contribution in [3.63, 3.8) is 0 Å². The molecule has 0 fully saturated rings. The van der Waals surface area contributed by atoms with Gasteiger partial charge in [0.15, 0.2) is 5.82 Å². The lowest BCUT2D eigenvalue weighted by Crippen LogP contribution is -2.06. The number of hydrogen-bond donors (Lipinski definition) is 1. The Morgan fingerprint density at radius 1 is 1.21 bits per heavy atom. The number of anilines is 1. The monoisotopic (exact) mass is 219 g/mol. The van der Waals surface area contributed by atoms with Gasteiger partial charge in [0.05, 0.1) is 10.7 Å². The van der Waals surface area contributed by atoms with Crippen molar-refractivity contribution in [1.29, 1.82) is 0 Å². The Morgan fingerprint density at radius 2 is 1.71 bits per heavy atom. The molecule has 1 aromatic carbocycles.